The van der Waals surface area contributed by atoms with Crippen LogP contribution in [0.5, 0.6) is 0 Å². The van der Waals surface area contributed by atoms with Gasteiger partial charge in [0.15, 0.2) is 0 Å². The predicted molar refractivity (Wildman–Crippen MR) is 177 cm³/mol. The molecule has 0 aromatic heterocycles. The van der Waals surface area contributed by atoms with Crippen LogP contribution in [0.15, 0.2) is 152 Å². The average Bonchev–Trinajstić information content (AvgIpc) is 3.05. The van der Waals surface area contributed by atoms with Crippen LogP contribution in [0, 0.1) is 13.8 Å². The third-order valence-corrected chi connectivity index (χ3v) is 7.24. The first kappa shape index (κ1) is 28.1. The van der Waals surface area contributed by atoms with Gasteiger partial charge in [-0.1, -0.05) is 133 Å². The molecule has 0 aliphatic rings. The molecule has 0 spiro atoms. The number of hydrogen-bond donors (Lipinski definition) is 2. The normalized spacial score (nSPS) is 10.3. The van der Waals surface area contributed by atoms with Crippen molar-refractivity contribution in [1.29, 1.82) is 0 Å². The predicted octanol–water partition coefficient (Wildman–Crippen LogP) is 9.83. The van der Waals surface area contributed by atoms with Crippen LogP contribution in [0.4, 0.5) is 11.4 Å². The maximum Gasteiger partial charge on any atom is 0.256 e. The Hall–Kier alpha value is -5.41. The van der Waals surface area contributed by atoms with E-state index in [1.54, 1.807) is 0 Å². The van der Waals surface area contributed by atoms with Crippen molar-refractivity contribution in [3.8, 4) is 33.4 Å². The summed E-state index contributed by atoms with van der Waals surface area (Å²) in [6.07, 6.45) is 0. The summed E-state index contributed by atoms with van der Waals surface area (Å²) in [5.41, 5.74) is 16.9. The van der Waals surface area contributed by atoms with Crippen LogP contribution in [0.1, 0.15) is 21.5 Å². The molecule has 6 aromatic carbocycles. The second-order valence-electron chi connectivity index (χ2n) is 10.2. The molecule has 6 aromatic rings. The number of nitrogens with two attached hydrogens (primary N) is 1. The van der Waals surface area contributed by atoms with Crippen LogP contribution in [-0.2, 0) is 0 Å². The molecule has 42 heavy (non-hydrogen) atoms. The van der Waals surface area contributed by atoms with Gasteiger partial charge >= 0.3 is 0 Å². The van der Waals surface area contributed by atoms with E-state index in [0.29, 0.717) is 5.56 Å². The van der Waals surface area contributed by atoms with Gasteiger partial charge in [-0.05, 0) is 76.6 Å². The van der Waals surface area contributed by atoms with Crippen LogP contribution in [0.2, 0.25) is 0 Å². The highest BCUT2D eigenvalue weighted by Gasteiger charge is 2.14. The molecule has 0 unspecified atom stereocenters. The molecule has 206 valence electrons. The largest absolute Gasteiger partial charge is 0.398 e. The zero-order chi connectivity index (χ0) is 29.3. The van der Waals surface area contributed by atoms with Crippen molar-refractivity contribution >= 4 is 17.3 Å². The molecule has 3 nitrogen and oxygen atoms in total. The molecule has 0 bridgehead atoms. The first-order valence-electron chi connectivity index (χ1n) is 14.0. The minimum absolute atomic E-state index is 0.104. The van der Waals surface area contributed by atoms with Gasteiger partial charge in [0.1, 0.15) is 0 Å². The van der Waals surface area contributed by atoms with E-state index in [4.69, 9.17) is 5.73 Å². The Morgan fingerprint density at radius 3 is 1.55 bits per heavy atom. The maximum absolute atomic E-state index is 13.1. The number of anilines is 2. The zero-order valence-electron chi connectivity index (χ0n) is 23.9. The number of rotatable bonds is 5. The Kier molecular flexibility index (Phi) is 8.91. The number of benzene rings is 6. The SMILES string of the molecule is Cc1ccc(-c2ccccc2)cc1N.Cc1ccc(-c2ccccc2)cc1NC(=O)c1ccccc1-c1ccccc1. The van der Waals surface area contributed by atoms with Crippen molar-refractivity contribution in [3.05, 3.63) is 168 Å². The summed E-state index contributed by atoms with van der Waals surface area (Å²) in [6, 6.07) is 50.5. The molecule has 0 fully saturated rings. The number of nitrogen functional groups attached to an aromatic ring is 1. The topological polar surface area (TPSA) is 55.1 Å². The Bertz CT molecular complexity index is 1780. The quantitative estimate of drug-likeness (QED) is 0.211. The summed E-state index contributed by atoms with van der Waals surface area (Å²) >= 11 is 0. The van der Waals surface area contributed by atoms with Crippen molar-refractivity contribution in [3.63, 3.8) is 0 Å². The number of hydrogen-bond acceptors (Lipinski definition) is 2. The van der Waals surface area contributed by atoms with Gasteiger partial charge in [0, 0.05) is 16.9 Å². The molecule has 0 radical (unpaired) electrons. The van der Waals surface area contributed by atoms with Gasteiger partial charge in [0.2, 0.25) is 0 Å². The first-order valence-corrected chi connectivity index (χ1v) is 14.0. The Balaban J connectivity index is 0.000000211. The van der Waals surface area contributed by atoms with Crippen LogP contribution < -0.4 is 11.1 Å². The first-order chi connectivity index (χ1) is 20.5. The zero-order valence-corrected chi connectivity index (χ0v) is 23.9. The summed E-state index contributed by atoms with van der Waals surface area (Å²) in [5.74, 6) is -0.104. The van der Waals surface area contributed by atoms with Gasteiger partial charge in [-0.3, -0.25) is 4.79 Å². The van der Waals surface area contributed by atoms with Gasteiger partial charge < -0.3 is 11.1 Å². The van der Waals surface area contributed by atoms with Gasteiger partial charge in [-0.2, -0.15) is 0 Å². The molecule has 0 aliphatic carbocycles. The van der Waals surface area contributed by atoms with E-state index in [0.717, 1.165) is 44.8 Å². The second-order valence-corrected chi connectivity index (χ2v) is 10.2. The molecule has 0 atom stereocenters. The van der Waals surface area contributed by atoms with Crippen LogP contribution >= 0.6 is 0 Å². The number of aryl methyl sites for hydroxylation is 2. The van der Waals surface area contributed by atoms with Crippen LogP contribution in [0.3, 0.4) is 0 Å². The minimum atomic E-state index is -0.104. The summed E-state index contributed by atoms with van der Waals surface area (Å²) in [4.78, 5) is 13.1. The minimum Gasteiger partial charge on any atom is -0.398 e. The maximum atomic E-state index is 13.1. The fourth-order valence-corrected chi connectivity index (χ4v) is 4.76. The second kappa shape index (κ2) is 13.3. The molecule has 0 heterocycles. The van der Waals surface area contributed by atoms with E-state index in [1.807, 2.05) is 123 Å². The summed E-state index contributed by atoms with van der Waals surface area (Å²) in [6.45, 7) is 4.03. The Labute approximate surface area is 248 Å². The number of carbonyl (C=O) groups excluding carboxylic acids is 1. The van der Waals surface area contributed by atoms with E-state index in [-0.39, 0.29) is 5.91 Å². The highest BCUT2D eigenvalue weighted by molar-refractivity contribution is 6.09. The lowest BCUT2D eigenvalue weighted by atomic mass is 9.98. The fraction of sp³-hybridized carbons (Fsp3) is 0.0513. The molecule has 0 saturated carbocycles. The van der Waals surface area contributed by atoms with Gasteiger partial charge in [0.25, 0.3) is 5.91 Å². The highest BCUT2D eigenvalue weighted by Crippen LogP contribution is 2.28. The van der Waals surface area contributed by atoms with Crippen LogP contribution in [-0.4, -0.2) is 5.91 Å². The summed E-state index contributed by atoms with van der Waals surface area (Å²) < 4.78 is 0. The number of nitrogens with one attached hydrogen (secondary N) is 1. The van der Waals surface area contributed by atoms with Gasteiger partial charge in [0.05, 0.1) is 0 Å². The Morgan fingerprint density at radius 2 is 0.976 bits per heavy atom. The lowest BCUT2D eigenvalue weighted by Crippen LogP contribution is -2.14. The van der Waals surface area contributed by atoms with Crippen molar-refractivity contribution in [2.75, 3.05) is 11.1 Å². The van der Waals surface area contributed by atoms with Crippen molar-refractivity contribution in [2.24, 2.45) is 0 Å². The van der Waals surface area contributed by atoms with E-state index in [2.05, 4.69) is 47.8 Å². The van der Waals surface area contributed by atoms with Crippen molar-refractivity contribution < 1.29 is 4.79 Å². The lowest BCUT2D eigenvalue weighted by molar-refractivity contribution is 0.102. The van der Waals surface area contributed by atoms with Gasteiger partial charge in [-0.15, -0.1) is 0 Å². The summed E-state index contributed by atoms with van der Waals surface area (Å²) in [7, 11) is 0. The molecule has 1 amide bonds. The van der Waals surface area contributed by atoms with Crippen LogP contribution in [0.25, 0.3) is 33.4 Å². The molecule has 0 saturated heterocycles. The molecular formula is C39H34N2O. The average molecular weight is 547 g/mol. The van der Waals surface area contributed by atoms with E-state index >= 15 is 0 Å². The van der Waals surface area contributed by atoms with Crippen molar-refractivity contribution in [1.82, 2.24) is 0 Å². The molecule has 3 heteroatoms. The molecular weight excluding hydrogens is 512 g/mol. The molecule has 0 aliphatic heterocycles. The van der Waals surface area contributed by atoms with E-state index < -0.39 is 0 Å². The van der Waals surface area contributed by atoms with Crippen molar-refractivity contribution in [2.45, 2.75) is 13.8 Å². The monoisotopic (exact) mass is 546 g/mol. The van der Waals surface area contributed by atoms with E-state index in [9.17, 15) is 4.79 Å². The third kappa shape index (κ3) is 6.83. The third-order valence-electron chi connectivity index (χ3n) is 7.24. The fourth-order valence-electron chi connectivity index (χ4n) is 4.76. The Morgan fingerprint density at radius 1 is 0.500 bits per heavy atom. The molecule has 3 N–H and O–H groups in total. The smallest absolute Gasteiger partial charge is 0.256 e. The number of amides is 1. The summed E-state index contributed by atoms with van der Waals surface area (Å²) in [5, 5.41) is 3.11. The number of carbonyl (C=O) groups is 1. The molecule has 6 rings (SSSR count). The van der Waals surface area contributed by atoms with Gasteiger partial charge in [-0.25, -0.2) is 0 Å². The standard InChI is InChI=1S/C26H21NO.C13H13N/c1-19-16-17-22(20-10-4-2-5-11-20)18-25(19)27-26(28)24-15-9-8-14-23(24)21-12-6-3-7-13-21;1-10-7-8-12(9-13(10)14)11-5-3-2-4-6-11/h2-18H,1H3,(H,27,28);2-9H,14H2,1H3. The highest BCUT2D eigenvalue weighted by atomic mass is 16.1. The lowest BCUT2D eigenvalue weighted by Gasteiger charge is -2.13. The van der Waals surface area contributed by atoms with E-state index in [1.165, 1.54) is 11.1 Å².